The van der Waals surface area contributed by atoms with Crippen molar-refractivity contribution in [3.05, 3.63) is 80.4 Å². The molecule has 0 N–H and O–H groups in total. The van der Waals surface area contributed by atoms with Crippen LogP contribution in [-0.4, -0.2) is 13.3 Å². The van der Waals surface area contributed by atoms with Gasteiger partial charge in [-0.15, -0.1) is 5.69 Å². The quantitative estimate of drug-likeness (QED) is 0.623. The smallest absolute Gasteiger partial charge is 0.268 e. The normalized spacial score (nSPS) is 11.4. The minimum absolute atomic E-state index is 0.0157. The van der Waals surface area contributed by atoms with Gasteiger partial charge in [-0.1, -0.05) is 42.5 Å². The Labute approximate surface area is 121 Å². The second-order valence-electron chi connectivity index (χ2n) is 4.10. The number of nitro benzene ring substituents is 1. The summed E-state index contributed by atoms with van der Waals surface area (Å²) >= 11 is 0. The van der Waals surface area contributed by atoms with Crippen molar-refractivity contribution in [3.63, 3.8) is 0 Å². The van der Waals surface area contributed by atoms with Gasteiger partial charge in [0.2, 0.25) is 0 Å². The Hall–Kier alpha value is -2.67. The first-order chi connectivity index (χ1) is 9.96. The molecule has 0 unspecified atom stereocenters. The van der Waals surface area contributed by atoms with Crippen molar-refractivity contribution in [3.8, 4) is 0 Å². The predicted molar refractivity (Wildman–Crippen MR) is 80.5 cm³/mol. The second-order valence-corrected chi connectivity index (χ2v) is 5.58. The Balaban J connectivity index is 2.16. The number of sulfonamides is 1. The van der Waals surface area contributed by atoms with Crippen LogP contribution in [-0.2, 0) is 10.0 Å². The summed E-state index contributed by atoms with van der Waals surface area (Å²) in [5.74, 6) is 0. The molecule has 0 heterocycles. The van der Waals surface area contributed by atoms with Crippen LogP contribution in [0.1, 0.15) is 5.56 Å². The van der Waals surface area contributed by atoms with Crippen LogP contribution in [0.2, 0.25) is 0 Å². The van der Waals surface area contributed by atoms with Crippen LogP contribution in [0.4, 0.5) is 11.4 Å². The zero-order valence-electron chi connectivity index (χ0n) is 10.8. The molecule has 0 atom stereocenters. The number of hydrogen-bond acceptors (Lipinski definition) is 4. The second kappa shape index (κ2) is 6.19. The minimum atomic E-state index is -3.85. The summed E-state index contributed by atoms with van der Waals surface area (Å²) in [7, 11) is -3.85. The fraction of sp³-hybridized carbons (Fsp3) is 0. The summed E-state index contributed by atoms with van der Waals surface area (Å²) in [5, 5.41) is 11.6. The van der Waals surface area contributed by atoms with E-state index in [0.29, 0.717) is 0 Å². The van der Waals surface area contributed by atoms with Crippen LogP contribution >= 0.6 is 0 Å². The molecule has 108 valence electrons. The van der Waals surface area contributed by atoms with E-state index >= 15 is 0 Å². The van der Waals surface area contributed by atoms with E-state index in [9.17, 15) is 18.5 Å². The molecule has 0 fully saturated rings. The molecule has 0 saturated heterocycles. The molecule has 2 aromatic carbocycles. The maximum absolute atomic E-state index is 11.8. The standard InChI is InChI=1S/C14H11N2O4S/c17-16(18)14-8-4-7-13(11-14)15-21(19,20)10-9-12-5-2-1-3-6-12/h1-11H/q-1. The molecule has 2 aromatic rings. The molecule has 0 spiro atoms. The monoisotopic (exact) mass is 303 g/mol. The van der Waals surface area contributed by atoms with Gasteiger partial charge in [0.05, 0.1) is 4.92 Å². The molecule has 0 aliphatic heterocycles. The van der Waals surface area contributed by atoms with E-state index in [1.165, 1.54) is 24.3 Å². The zero-order valence-corrected chi connectivity index (χ0v) is 11.6. The van der Waals surface area contributed by atoms with E-state index in [-0.39, 0.29) is 11.4 Å². The lowest BCUT2D eigenvalue weighted by atomic mass is 10.2. The Morgan fingerprint density at radius 3 is 2.43 bits per heavy atom. The van der Waals surface area contributed by atoms with Crippen LogP contribution in [0, 0.1) is 10.1 Å². The summed E-state index contributed by atoms with van der Waals surface area (Å²) in [6.07, 6.45) is 1.41. The van der Waals surface area contributed by atoms with Gasteiger partial charge in [0.25, 0.3) is 5.69 Å². The fourth-order valence-corrected chi connectivity index (χ4v) is 2.37. The van der Waals surface area contributed by atoms with Gasteiger partial charge in [0.15, 0.2) is 0 Å². The number of rotatable bonds is 5. The molecule has 6 nitrogen and oxygen atoms in total. The molecule has 2 rings (SSSR count). The Kier molecular flexibility index (Phi) is 4.34. The lowest BCUT2D eigenvalue weighted by molar-refractivity contribution is -0.384. The summed E-state index contributed by atoms with van der Waals surface area (Å²) in [5.41, 5.74) is 0.524. The van der Waals surface area contributed by atoms with Crippen LogP contribution in [0.3, 0.4) is 0 Å². The van der Waals surface area contributed by atoms with Gasteiger partial charge >= 0.3 is 0 Å². The highest BCUT2D eigenvalue weighted by atomic mass is 32.2. The maximum atomic E-state index is 11.8. The lowest BCUT2D eigenvalue weighted by Gasteiger charge is -2.18. The van der Waals surface area contributed by atoms with Crippen LogP contribution in [0.5, 0.6) is 0 Å². The molecule has 0 bridgehead atoms. The molecule has 7 heteroatoms. The van der Waals surface area contributed by atoms with Gasteiger partial charge < -0.3 is 4.72 Å². The summed E-state index contributed by atoms with van der Waals surface area (Å²) < 4.78 is 27.2. The van der Waals surface area contributed by atoms with Crippen molar-refractivity contribution in [1.29, 1.82) is 0 Å². The number of nitrogens with zero attached hydrogens (tertiary/aromatic N) is 2. The average molecular weight is 303 g/mol. The Morgan fingerprint density at radius 1 is 1.05 bits per heavy atom. The van der Waals surface area contributed by atoms with E-state index in [1.54, 1.807) is 24.3 Å². The largest absolute Gasteiger partial charge is 0.573 e. The highest BCUT2D eigenvalue weighted by molar-refractivity contribution is 7.97. The van der Waals surface area contributed by atoms with Gasteiger partial charge in [0, 0.05) is 17.5 Å². The van der Waals surface area contributed by atoms with E-state index in [0.717, 1.165) is 17.0 Å². The van der Waals surface area contributed by atoms with Gasteiger partial charge in [0.1, 0.15) is 10.0 Å². The Bertz CT molecular complexity index is 771. The first-order valence-corrected chi connectivity index (χ1v) is 7.42. The van der Waals surface area contributed by atoms with Crippen molar-refractivity contribution in [1.82, 2.24) is 0 Å². The van der Waals surface area contributed by atoms with Gasteiger partial charge in [-0.05, 0) is 11.6 Å². The predicted octanol–water partition coefficient (Wildman–Crippen LogP) is 3.60. The van der Waals surface area contributed by atoms with Crippen molar-refractivity contribution >= 4 is 27.5 Å². The highest BCUT2D eigenvalue weighted by Crippen LogP contribution is 2.27. The average Bonchev–Trinajstić information content (AvgIpc) is 2.46. The van der Waals surface area contributed by atoms with E-state index in [2.05, 4.69) is 4.72 Å². The lowest BCUT2D eigenvalue weighted by Crippen LogP contribution is -1.92. The highest BCUT2D eigenvalue weighted by Gasteiger charge is 2.03. The molecule has 0 amide bonds. The van der Waals surface area contributed by atoms with Crippen LogP contribution < -0.4 is 0 Å². The molecule has 21 heavy (non-hydrogen) atoms. The van der Waals surface area contributed by atoms with Crippen molar-refractivity contribution in [2.45, 2.75) is 0 Å². The molecule has 0 aromatic heterocycles. The maximum Gasteiger partial charge on any atom is 0.268 e. The van der Waals surface area contributed by atoms with Crippen molar-refractivity contribution < 1.29 is 13.3 Å². The molecule has 0 aliphatic rings. The van der Waals surface area contributed by atoms with Crippen molar-refractivity contribution in [2.75, 3.05) is 0 Å². The molecule has 0 radical (unpaired) electrons. The first kappa shape index (κ1) is 14.7. The third kappa shape index (κ3) is 4.43. The van der Waals surface area contributed by atoms with Crippen molar-refractivity contribution in [2.24, 2.45) is 0 Å². The summed E-state index contributed by atoms with van der Waals surface area (Å²) in [6.45, 7) is 0. The van der Waals surface area contributed by atoms with E-state index in [4.69, 9.17) is 0 Å². The van der Waals surface area contributed by atoms with E-state index < -0.39 is 14.9 Å². The van der Waals surface area contributed by atoms with Gasteiger partial charge in [-0.2, -0.15) is 0 Å². The fourth-order valence-electron chi connectivity index (χ4n) is 1.57. The molecule has 0 saturated carbocycles. The SMILES string of the molecule is O=[N+]([O-])c1cccc([N-]S(=O)(=O)C=Cc2ccccc2)c1. The number of benzene rings is 2. The first-order valence-electron chi connectivity index (χ1n) is 5.92. The van der Waals surface area contributed by atoms with E-state index in [1.807, 2.05) is 6.07 Å². The molecular weight excluding hydrogens is 292 g/mol. The van der Waals surface area contributed by atoms with Crippen LogP contribution in [0.15, 0.2) is 60.0 Å². The molecule has 0 aliphatic carbocycles. The third-order valence-corrected chi connectivity index (χ3v) is 3.45. The zero-order chi connectivity index (χ0) is 15.3. The number of nitro groups is 1. The minimum Gasteiger partial charge on any atom is -0.573 e. The number of non-ortho nitro benzene ring substituents is 1. The Morgan fingerprint density at radius 2 is 1.76 bits per heavy atom. The van der Waals surface area contributed by atoms with Crippen LogP contribution in [0.25, 0.3) is 10.8 Å². The summed E-state index contributed by atoms with van der Waals surface area (Å²) in [4.78, 5) is 10.0. The summed E-state index contributed by atoms with van der Waals surface area (Å²) in [6, 6.07) is 14.0. The number of hydrogen-bond donors (Lipinski definition) is 0. The van der Waals surface area contributed by atoms with Gasteiger partial charge in [-0.3, -0.25) is 10.1 Å². The topological polar surface area (TPSA) is 91.4 Å². The van der Waals surface area contributed by atoms with Gasteiger partial charge in [-0.25, -0.2) is 8.42 Å². The molecular formula is C14H11N2O4S-. The third-order valence-electron chi connectivity index (χ3n) is 2.51.